The van der Waals surface area contributed by atoms with E-state index in [4.69, 9.17) is 0 Å². The van der Waals surface area contributed by atoms with Crippen molar-refractivity contribution in [2.24, 2.45) is 11.3 Å². The molecule has 2 atom stereocenters. The van der Waals surface area contributed by atoms with E-state index in [1.165, 1.54) is 32.2 Å². The first-order valence-corrected chi connectivity index (χ1v) is 5.68. The normalized spacial score (nSPS) is 41.1. The zero-order chi connectivity index (χ0) is 9.69. The van der Waals surface area contributed by atoms with Crippen molar-refractivity contribution in [3.05, 3.63) is 0 Å². The molecule has 0 bridgehead atoms. The lowest BCUT2D eigenvalue weighted by molar-refractivity contribution is -0.0574. The van der Waals surface area contributed by atoms with Crippen molar-refractivity contribution in [2.45, 2.75) is 52.0 Å². The summed E-state index contributed by atoms with van der Waals surface area (Å²) in [6.07, 6.45) is 5.77. The Kier molecular flexibility index (Phi) is 1.99. The molecule has 0 amide bonds. The Morgan fingerprint density at radius 1 is 1.23 bits per heavy atom. The molecule has 1 saturated heterocycles. The lowest BCUT2D eigenvalue weighted by atomic mass is 9.55. The van der Waals surface area contributed by atoms with Gasteiger partial charge in [0.2, 0.25) is 0 Å². The average molecular weight is 181 g/mol. The Labute approximate surface area is 82.5 Å². The summed E-state index contributed by atoms with van der Waals surface area (Å²) in [4.78, 5) is 2.63. The predicted octanol–water partition coefficient (Wildman–Crippen LogP) is 2.91. The van der Waals surface area contributed by atoms with Gasteiger partial charge in [0, 0.05) is 5.54 Å². The minimum Gasteiger partial charge on any atom is -0.300 e. The van der Waals surface area contributed by atoms with Crippen LogP contribution in [0, 0.1) is 11.3 Å². The number of rotatable bonds is 0. The van der Waals surface area contributed by atoms with Crippen molar-refractivity contribution >= 4 is 0 Å². The highest BCUT2D eigenvalue weighted by atomic mass is 15.2. The molecule has 1 heterocycles. The molecule has 2 rings (SSSR count). The summed E-state index contributed by atoms with van der Waals surface area (Å²) >= 11 is 0. The molecule has 76 valence electrons. The lowest BCUT2D eigenvalue weighted by Gasteiger charge is -2.57. The molecule has 0 N–H and O–H groups in total. The van der Waals surface area contributed by atoms with E-state index in [9.17, 15) is 0 Å². The lowest BCUT2D eigenvalue weighted by Crippen LogP contribution is -2.59. The predicted molar refractivity (Wildman–Crippen MR) is 56.8 cm³/mol. The summed E-state index contributed by atoms with van der Waals surface area (Å²) in [6, 6.07) is 0. The van der Waals surface area contributed by atoms with E-state index in [-0.39, 0.29) is 0 Å². The maximum Gasteiger partial charge on any atom is 0.0240 e. The van der Waals surface area contributed by atoms with Crippen LogP contribution in [0.4, 0.5) is 0 Å². The monoisotopic (exact) mass is 181 g/mol. The van der Waals surface area contributed by atoms with Crippen molar-refractivity contribution in [2.75, 3.05) is 13.6 Å². The zero-order valence-corrected chi connectivity index (χ0v) is 9.56. The van der Waals surface area contributed by atoms with Gasteiger partial charge in [-0.3, -0.25) is 0 Å². The van der Waals surface area contributed by atoms with Crippen LogP contribution < -0.4 is 0 Å². The van der Waals surface area contributed by atoms with Gasteiger partial charge in [0.1, 0.15) is 0 Å². The van der Waals surface area contributed by atoms with Crippen molar-refractivity contribution in [3.8, 4) is 0 Å². The quantitative estimate of drug-likeness (QED) is 0.555. The minimum absolute atomic E-state index is 0.511. The Bertz CT molecular complexity index is 204. The second kappa shape index (κ2) is 2.73. The third-order valence-electron chi connectivity index (χ3n) is 4.42. The van der Waals surface area contributed by atoms with E-state index in [0.29, 0.717) is 11.0 Å². The van der Waals surface area contributed by atoms with E-state index in [2.05, 4.69) is 32.7 Å². The third kappa shape index (κ3) is 1.24. The maximum atomic E-state index is 2.63. The van der Waals surface area contributed by atoms with E-state index in [0.717, 1.165) is 5.92 Å². The first-order valence-electron chi connectivity index (χ1n) is 5.68. The van der Waals surface area contributed by atoms with Crippen LogP contribution in [0.1, 0.15) is 46.5 Å². The van der Waals surface area contributed by atoms with Gasteiger partial charge in [0.25, 0.3) is 0 Å². The summed E-state index contributed by atoms with van der Waals surface area (Å²) in [5.41, 5.74) is 1.12. The average Bonchev–Trinajstić information content (AvgIpc) is 2.26. The van der Waals surface area contributed by atoms with Crippen LogP contribution in [0.5, 0.6) is 0 Å². The van der Waals surface area contributed by atoms with Gasteiger partial charge in [-0.25, -0.2) is 0 Å². The van der Waals surface area contributed by atoms with Crippen LogP contribution in [0.3, 0.4) is 0 Å². The molecule has 0 aromatic carbocycles. The first kappa shape index (κ1) is 9.51. The molecule has 13 heavy (non-hydrogen) atoms. The molecule has 1 spiro atoms. The van der Waals surface area contributed by atoms with Crippen molar-refractivity contribution in [1.82, 2.24) is 4.90 Å². The fourth-order valence-electron chi connectivity index (χ4n) is 3.65. The second-order valence-corrected chi connectivity index (χ2v) is 6.09. The number of hydrogen-bond donors (Lipinski definition) is 0. The standard InChI is InChI=1S/C12H23N/c1-11(2,3)10-6-8-12(10)7-5-9-13(12)4/h10H,5-9H2,1-4H3. The fraction of sp³-hybridized carbons (Fsp3) is 1.00. The molecule has 0 aromatic heterocycles. The Balaban J connectivity index is 2.16. The van der Waals surface area contributed by atoms with Gasteiger partial charge in [-0.2, -0.15) is 0 Å². The van der Waals surface area contributed by atoms with E-state index >= 15 is 0 Å². The Morgan fingerprint density at radius 2 is 1.92 bits per heavy atom. The van der Waals surface area contributed by atoms with Crippen molar-refractivity contribution < 1.29 is 0 Å². The summed E-state index contributed by atoms with van der Waals surface area (Å²) in [6.45, 7) is 8.55. The molecule has 1 nitrogen and oxygen atoms in total. The van der Waals surface area contributed by atoms with Crippen LogP contribution in [0.2, 0.25) is 0 Å². The molecule has 2 aliphatic rings. The number of hydrogen-bond acceptors (Lipinski definition) is 1. The summed E-state index contributed by atoms with van der Waals surface area (Å²) in [7, 11) is 2.32. The first-order chi connectivity index (χ1) is 5.97. The third-order valence-corrected chi connectivity index (χ3v) is 4.42. The highest BCUT2D eigenvalue weighted by Gasteiger charge is 2.55. The summed E-state index contributed by atoms with van der Waals surface area (Å²) < 4.78 is 0. The molecule has 2 unspecified atom stereocenters. The van der Waals surface area contributed by atoms with E-state index < -0.39 is 0 Å². The van der Waals surface area contributed by atoms with Crippen LogP contribution in [-0.4, -0.2) is 24.0 Å². The molecular formula is C12H23N. The van der Waals surface area contributed by atoms with Crippen molar-refractivity contribution in [3.63, 3.8) is 0 Å². The zero-order valence-electron chi connectivity index (χ0n) is 9.56. The number of likely N-dealkylation sites (tertiary alicyclic amines) is 1. The van der Waals surface area contributed by atoms with Crippen LogP contribution in [-0.2, 0) is 0 Å². The molecule has 2 fully saturated rings. The largest absolute Gasteiger partial charge is 0.300 e. The second-order valence-electron chi connectivity index (χ2n) is 6.09. The smallest absolute Gasteiger partial charge is 0.0240 e. The van der Waals surface area contributed by atoms with Crippen LogP contribution in [0.15, 0.2) is 0 Å². The maximum absolute atomic E-state index is 2.63. The van der Waals surface area contributed by atoms with Crippen LogP contribution >= 0.6 is 0 Å². The van der Waals surface area contributed by atoms with E-state index in [1.54, 1.807) is 0 Å². The topological polar surface area (TPSA) is 3.24 Å². The molecular weight excluding hydrogens is 158 g/mol. The molecule has 0 radical (unpaired) electrons. The SMILES string of the molecule is CN1CCCC12CCC2C(C)(C)C. The summed E-state index contributed by atoms with van der Waals surface area (Å²) in [5, 5.41) is 0. The summed E-state index contributed by atoms with van der Waals surface area (Å²) in [5.74, 6) is 0.937. The minimum atomic E-state index is 0.511. The Hall–Kier alpha value is -0.0400. The highest BCUT2D eigenvalue weighted by Crippen LogP contribution is 2.55. The van der Waals surface area contributed by atoms with Crippen LogP contribution in [0.25, 0.3) is 0 Å². The van der Waals surface area contributed by atoms with E-state index in [1.807, 2.05) is 0 Å². The molecule has 0 aromatic rings. The van der Waals surface area contributed by atoms with Crippen molar-refractivity contribution in [1.29, 1.82) is 0 Å². The van der Waals surface area contributed by atoms with Gasteiger partial charge in [-0.1, -0.05) is 20.8 Å². The van der Waals surface area contributed by atoms with Gasteiger partial charge >= 0.3 is 0 Å². The highest BCUT2D eigenvalue weighted by molar-refractivity contribution is 5.09. The fourth-order valence-corrected chi connectivity index (χ4v) is 3.65. The van der Waals surface area contributed by atoms with Gasteiger partial charge < -0.3 is 4.90 Å². The van der Waals surface area contributed by atoms with Gasteiger partial charge in [0.05, 0.1) is 0 Å². The van der Waals surface area contributed by atoms with Gasteiger partial charge in [-0.15, -0.1) is 0 Å². The molecule has 1 heteroatoms. The van der Waals surface area contributed by atoms with Gasteiger partial charge in [-0.05, 0) is 50.6 Å². The molecule has 1 aliphatic carbocycles. The van der Waals surface area contributed by atoms with Gasteiger partial charge in [0.15, 0.2) is 0 Å². The Morgan fingerprint density at radius 3 is 2.23 bits per heavy atom. The molecule has 1 aliphatic heterocycles. The molecule has 1 saturated carbocycles. The number of nitrogens with zero attached hydrogens (tertiary/aromatic N) is 1.